The summed E-state index contributed by atoms with van der Waals surface area (Å²) in [4.78, 5) is 4.70. The molecule has 2 heterocycles. The van der Waals surface area contributed by atoms with Gasteiger partial charge in [-0.25, -0.2) is 12.7 Å². The van der Waals surface area contributed by atoms with E-state index in [0.717, 1.165) is 31.0 Å². The van der Waals surface area contributed by atoms with Gasteiger partial charge in [0, 0.05) is 45.0 Å². The number of guanidine groups is 1. The van der Waals surface area contributed by atoms with Crippen molar-refractivity contribution < 1.29 is 8.42 Å². The van der Waals surface area contributed by atoms with E-state index in [1.54, 1.807) is 4.31 Å². The molecule has 2 rings (SSSR count). The first-order valence-electron chi connectivity index (χ1n) is 9.60. The summed E-state index contributed by atoms with van der Waals surface area (Å²) in [7, 11) is -1.13. The van der Waals surface area contributed by atoms with Crippen molar-refractivity contribution in [3.63, 3.8) is 0 Å². The van der Waals surface area contributed by atoms with Crippen LogP contribution in [0, 0.1) is 19.8 Å². The second-order valence-electron chi connectivity index (χ2n) is 7.52. The van der Waals surface area contributed by atoms with Crippen LogP contribution in [0.1, 0.15) is 37.2 Å². The highest BCUT2D eigenvalue weighted by molar-refractivity contribution is 14.0. The van der Waals surface area contributed by atoms with Crippen LogP contribution in [0.15, 0.2) is 4.99 Å². The summed E-state index contributed by atoms with van der Waals surface area (Å²) in [5.41, 5.74) is 3.53. The van der Waals surface area contributed by atoms with Crippen molar-refractivity contribution in [3.05, 3.63) is 17.0 Å². The molecule has 0 bridgehead atoms. The van der Waals surface area contributed by atoms with Crippen LogP contribution in [0.3, 0.4) is 0 Å². The molecular weight excluding hydrogens is 491 g/mol. The van der Waals surface area contributed by atoms with Gasteiger partial charge in [0.25, 0.3) is 0 Å². The van der Waals surface area contributed by atoms with Crippen molar-refractivity contribution in [3.8, 4) is 0 Å². The maximum Gasteiger partial charge on any atom is 0.211 e. The Labute approximate surface area is 186 Å². The van der Waals surface area contributed by atoms with Gasteiger partial charge in [0.05, 0.1) is 11.9 Å². The third-order valence-electron chi connectivity index (χ3n) is 5.12. The number of nitrogens with one attached hydrogen (secondary N) is 2. The lowest BCUT2D eigenvalue weighted by atomic mass is 10.1. The molecule has 0 radical (unpaired) electrons. The molecule has 2 unspecified atom stereocenters. The van der Waals surface area contributed by atoms with Gasteiger partial charge in [0.15, 0.2) is 5.96 Å². The lowest BCUT2D eigenvalue weighted by Crippen LogP contribution is -2.43. The van der Waals surface area contributed by atoms with Crippen LogP contribution in [-0.4, -0.2) is 66.9 Å². The van der Waals surface area contributed by atoms with E-state index in [9.17, 15) is 8.42 Å². The maximum absolute atomic E-state index is 11.7. The fourth-order valence-electron chi connectivity index (χ4n) is 3.49. The molecule has 0 aliphatic carbocycles. The van der Waals surface area contributed by atoms with Gasteiger partial charge in [-0.15, -0.1) is 24.0 Å². The lowest BCUT2D eigenvalue weighted by molar-refractivity contribution is 0.463. The van der Waals surface area contributed by atoms with Crippen molar-refractivity contribution in [2.75, 3.05) is 32.4 Å². The molecule has 8 nitrogen and oxygen atoms in total. The van der Waals surface area contributed by atoms with Gasteiger partial charge in [-0.1, -0.05) is 0 Å². The summed E-state index contributed by atoms with van der Waals surface area (Å²) in [6.45, 7) is 10.9. The molecule has 1 saturated heterocycles. The number of hydrogen-bond donors (Lipinski definition) is 2. The van der Waals surface area contributed by atoms with Gasteiger partial charge < -0.3 is 10.6 Å². The van der Waals surface area contributed by atoms with Gasteiger partial charge in [0.2, 0.25) is 10.0 Å². The number of aromatic nitrogens is 2. The minimum atomic E-state index is -3.10. The quantitative estimate of drug-likeness (QED) is 0.319. The highest BCUT2D eigenvalue weighted by Gasteiger charge is 2.28. The average molecular weight is 526 g/mol. The molecule has 1 aliphatic rings. The average Bonchev–Trinajstić information content (AvgIpc) is 3.14. The molecule has 0 saturated carbocycles. The van der Waals surface area contributed by atoms with Crippen LogP contribution in [0.2, 0.25) is 0 Å². The van der Waals surface area contributed by atoms with Crippen LogP contribution in [0.5, 0.6) is 0 Å². The van der Waals surface area contributed by atoms with Crippen LogP contribution < -0.4 is 10.6 Å². The maximum atomic E-state index is 11.7. The number of sulfonamides is 1. The zero-order valence-electron chi connectivity index (χ0n) is 17.8. The van der Waals surface area contributed by atoms with E-state index in [0.29, 0.717) is 19.6 Å². The molecule has 1 fully saturated rings. The SMILES string of the molecule is CCNC(=NCC1CCN(S(C)(=O)=O)C1)NC(C)Cc1c(C)nn(C)c1C.I. The number of aliphatic imine (C=N–C) groups is 1. The van der Waals surface area contributed by atoms with E-state index in [1.807, 2.05) is 25.6 Å². The van der Waals surface area contributed by atoms with Gasteiger partial charge >= 0.3 is 0 Å². The third-order valence-corrected chi connectivity index (χ3v) is 6.39. The Morgan fingerprint density at radius 2 is 2.07 bits per heavy atom. The van der Waals surface area contributed by atoms with Crippen LogP contribution in [0.4, 0.5) is 0 Å². The van der Waals surface area contributed by atoms with Gasteiger partial charge in [-0.2, -0.15) is 5.10 Å². The first kappa shape index (κ1) is 25.2. The molecule has 162 valence electrons. The number of halogens is 1. The molecule has 2 N–H and O–H groups in total. The van der Waals surface area contributed by atoms with E-state index >= 15 is 0 Å². The summed E-state index contributed by atoms with van der Waals surface area (Å²) in [6, 6.07) is 0.209. The molecule has 1 aromatic heterocycles. The molecule has 1 aliphatic heterocycles. The van der Waals surface area contributed by atoms with E-state index < -0.39 is 10.0 Å². The second-order valence-corrected chi connectivity index (χ2v) is 9.50. The van der Waals surface area contributed by atoms with Gasteiger partial charge in [-0.3, -0.25) is 9.67 Å². The number of rotatable bonds is 7. The first-order chi connectivity index (χ1) is 12.6. The topological polar surface area (TPSA) is 91.6 Å². The van der Waals surface area contributed by atoms with Crippen LogP contribution >= 0.6 is 24.0 Å². The minimum Gasteiger partial charge on any atom is -0.357 e. The molecular formula is C18H35IN6O2S. The highest BCUT2D eigenvalue weighted by atomic mass is 127. The first-order valence-corrected chi connectivity index (χ1v) is 11.5. The second kappa shape index (κ2) is 10.8. The summed E-state index contributed by atoms with van der Waals surface area (Å²) < 4.78 is 26.8. The summed E-state index contributed by atoms with van der Waals surface area (Å²) in [5.74, 6) is 1.05. The largest absolute Gasteiger partial charge is 0.357 e. The van der Waals surface area contributed by atoms with E-state index in [-0.39, 0.29) is 35.9 Å². The Kier molecular flexibility index (Phi) is 9.68. The Bertz CT molecular complexity index is 777. The number of aryl methyl sites for hydroxylation is 2. The number of hydrogen-bond acceptors (Lipinski definition) is 4. The predicted octanol–water partition coefficient (Wildman–Crippen LogP) is 1.42. The highest BCUT2D eigenvalue weighted by Crippen LogP contribution is 2.19. The Balaban J connectivity index is 0.00000392. The number of nitrogens with zero attached hydrogens (tertiary/aromatic N) is 4. The zero-order chi connectivity index (χ0) is 20.2. The van der Waals surface area contributed by atoms with Crippen molar-refractivity contribution in [1.29, 1.82) is 0 Å². The lowest BCUT2D eigenvalue weighted by Gasteiger charge is -2.19. The molecule has 2 atom stereocenters. The standard InChI is InChI=1S/C18H34N6O2S.HI/c1-7-19-18(20-11-16-8-9-24(12-16)27(6,25)26)21-13(2)10-17-14(3)22-23(5)15(17)4;/h13,16H,7-12H2,1-6H3,(H2,19,20,21);1H. The van der Waals surface area contributed by atoms with Crippen LogP contribution in [-0.2, 0) is 23.5 Å². The smallest absolute Gasteiger partial charge is 0.211 e. The predicted molar refractivity (Wildman–Crippen MR) is 125 cm³/mol. The Morgan fingerprint density at radius 1 is 1.39 bits per heavy atom. The van der Waals surface area contributed by atoms with Crippen molar-refractivity contribution in [2.45, 2.75) is 46.6 Å². The summed E-state index contributed by atoms with van der Waals surface area (Å²) in [5, 5.41) is 11.2. The zero-order valence-corrected chi connectivity index (χ0v) is 21.0. The molecule has 0 spiro atoms. The molecule has 1 aromatic rings. The molecule has 0 amide bonds. The monoisotopic (exact) mass is 526 g/mol. The van der Waals surface area contributed by atoms with E-state index in [2.05, 4.69) is 29.6 Å². The third kappa shape index (κ3) is 6.87. The van der Waals surface area contributed by atoms with Gasteiger partial charge in [-0.05, 0) is 52.0 Å². The van der Waals surface area contributed by atoms with E-state index in [1.165, 1.54) is 17.5 Å². The fourth-order valence-corrected chi connectivity index (χ4v) is 4.41. The normalized spacial score (nSPS) is 19.4. The van der Waals surface area contributed by atoms with E-state index in [4.69, 9.17) is 4.99 Å². The Morgan fingerprint density at radius 3 is 2.57 bits per heavy atom. The van der Waals surface area contributed by atoms with Gasteiger partial charge in [0.1, 0.15) is 0 Å². The minimum absolute atomic E-state index is 0. The molecule has 0 aromatic carbocycles. The molecule has 28 heavy (non-hydrogen) atoms. The molecule has 10 heteroatoms. The van der Waals surface area contributed by atoms with Crippen molar-refractivity contribution in [1.82, 2.24) is 24.7 Å². The summed E-state index contributed by atoms with van der Waals surface area (Å²) in [6.07, 6.45) is 3.01. The fraction of sp³-hybridized carbons (Fsp3) is 0.778. The summed E-state index contributed by atoms with van der Waals surface area (Å²) >= 11 is 0. The Hall–Kier alpha value is -0.880. The van der Waals surface area contributed by atoms with Crippen molar-refractivity contribution in [2.24, 2.45) is 18.0 Å². The van der Waals surface area contributed by atoms with Crippen molar-refractivity contribution >= 4 is 40.0 Å². The van der Waals surface area contributed by atoms with Crippen LogP contribution in [0.25, 0.3) is 0 Å².